The zero-order valence-electron chi connectivity index (χ0n) is 13.8. The molecule has 0 saturated heterocycles. The molecule has 0 fully saturated rings. The van der Waals surface area contributed by atoms with Gasteiger partial charge in [0.05, 0.1) is 40.0 Å². The Labute approximate surface area is 154 Å². The highest BCUT2D eigenvalue weighted by atomic mass is 32.1. The maximum Gasteiger partial charge on any atom is 0.153 e. The van der Waals surface area contributed by atoms with Gasteiger partial charge in [-0.25, -0.2) is 9.50 Å². The van der Waals surface area contributed by atoms with Crippen molar-refractivity contribution >= 4 is 32.9 Å². The van der Waals surface area contributed by atoms with Crippen molar-refractivity contribution in [2.24, 2.45) is 0 Å². The van der Waals surface area contributed by atoms with Crippen molar-refractivity contribution in [2.75, 3.05) is 5.32 Å². The number of rotatable bonds is 4. The van der Waals surface area contributed by atoms with Crippen LogP contribution in [-0.2, 0) is 6.54 Å². The molecule has 0 unspecified atom stereocenters. The number of nitrogens with one attached hydrogen (secondary N) is 1. The summed E-state index contributed by atoms with van der Waals surface area (Å²) < 4.78 is 3.07. The molecule has 0 aliphatic rings. The number of aromatic nitrogens is 4. The Hall–Kier alpha value is -3.25. The Morgan fingerprint density at radius 1 is 0.962 bits per heavy atom. The number of benzene rings is 1. The average molecular weight is 357 g/mol. The van der Waals surface area contributed by atoms with E-state index in [1.165, 1.54) is 4.70 Å². The minimum Gasteiger partial charge on any atom is -0.378 e. The second-order valence-electron chi connectivity index (χ2n) is 5.95. The van der Waals surface area contributed by atoms with Crippen LogP contribution in [0.1, 0.15) is 5.69 Å². The number of fused-ring (bicyclic) bond motifs is 2. The number of imidazole rings is 1. The van der Waals surface area contributed by atoms with Crippen molar-refractivity contribution in [3.8, 4) is 11.3 Å². The predicted molar refractivity (Wildman–Crippen MR) is 105 cm³/mol. The van der Waals surface area contributed by atoms with Crippen LogP contribution in [0.25, 0.3) is 27.1 Å². The Bertz CT molecular complexity index is 1190. The number of hydrogen-bond acceptors (Lipinski definition) is 5. The van der Waals surface area contributed by atoms with Crippen LogP contribution >= 0.6 is 11.3 Å². The van der Waals surface area contributed by atoms with Crippen molar-refractivity contribution in [3.63, 3.8) is 0 Å². The topological polar surface area (TPSA) is 55.1 Å². The van der Waals surface area contributed by atoms with Crippen molar-refractivity contribution in [1.29, 1.82) is 0 Å². The minimum absolute atomic E-state index is 0.642. The maximum atomic E-state index is 4.77. The third kappa shape index (κ3) is 2.60. The fourth-order valence-corrected chi connectivity index (χ4v) is 3.84. The Kier molecular flexibility index (Phi) is 3.61. The molecule has 4 aromatic heterocycles. The molecule has 5 aromatic rings. The highest BCUT2D eigenvalue weighted by Crippen LogP contribution is 2.27. The van der Waals surface area contributed by atoms with Crippen LogP contribution in [0, 0.1) is 0 Å². The van der Waals surface area contributed by atoms with E-state index in [0.717, 1.165) is 33.8 Å². The summed E-state index contributed by atoms with van der Waals surface area (Å²) in [5.41, 5.74) is 5.98. The van der Waals surface area contributed by atoms with Crippen LogP contribution in [0.2, 0.25) is 0 Å². The molecular weight excluding hydrogens is 342 g/mol. The first kappa shape index (κ1) is 15.0. The van der Waals surface area contributed by atoms with Gasteiger partial charge in [-0.15, -0.1) is 11.3 Å². The third-order valence-corrected chi connectivity index (χ3v) is 5.24. The number of thiophene rings is 1. The Morgan fingerprint density at radius 2 is 1.88 bits per heavy atom. The summed E-state index contributed by atoms with van der Waals surface area (Å²) in [6, 6.07) is 18.2. The van der Waals surface area contributed by atoms with E-state index < -0.39 is 0 Å². The molecule has 0 aliphatic carbocycles. The molecule has 0 radical (unpaired) electrons. The van der Waals surface area contributed by atoms with Gasteiger partial charge in [-0.1, -0.05) is 30.3 Å². The molecule has 0 amide bonds. The van der Waals surface area contributed by atoms with Gasteiger partial charge in [-0.2, -0.15) is 5.10 Å². The van der Waals surface area contributed by atoms with E-state index >= 15 is 0 Å². The zero-order valence-corrected chi connectivity index (χ0v) is 14.6. The number of pyridine rings is 1. The molecule has 1 N–H and O–H groups in total. The summed E-state index contributed by atoms with van der Waals surface area (Å²) in [6.07, 6.45) is 3.70. The maximum absolute atomic E-state index is 4.77. The van der Waals surface area contributed by atoms with E-state index in [-0.39, 0.29) is 0 Å². The summed E-state index contributed by atoms with van der Waals surface area (Å²) in [6.45, 7) is 0.642. The molecular formula is C20H15N5S. The lowest BCUT2D eigenvalue weighted by molar-refractivity contribution is 0.868. The average Bonchev–Trinajstić information content (AvgIpc) is 3.33. The van der Waals surface area contributed by atoms with Crippen LogP contribution in [-0.4, -0.2) is 19.6 Å². The number of nitrogens with zero attached hydrogens (tertiary/aromatic N) is 4. The Balaban J connectivity index is 1.48. The van der Waals surface area contributed by atoms with Gasteiger partial charge >= 0.3 is 0 Å². The summed E-state index contributed by atoms with van der Waals surface area (Å²) in [7, 11) is 0. The van der Waals surface area contributed by atoms with E-state index in [4.69, 9.17) is 5.10 Å². The normalized spacial score (nSPS) is 11.2. The lowest BCUT2D eigenvalue weighted by Gasteiger charge is -2.08. The van der Waals surface area contributed by atoms with Gasteiger partial charge in [0.25, 0.3) is 0 Å². The molecule has 6 heteroatoms. The van der Waals surface area contributed by atoms with Crippen LogP contribution < -0.4 is 5.32 Å². The molecule has 5 nitrogen and oxygen atoms in total. The van der Waals surface area contributed by atoms with Crippen LogP contribution in [0.4, 0.5) is 5.69 Å². The number of anilines is 1. The fraction of sp³-hybridized carbons (Fsp3) is 0.0500. The SMILES string of the molecule is c1ccc(-c2ccc3ncc(CNc4ccnc5ccsc45)n3n2)cc1. The van der Waals surface area contributed by atoms with Crippen LogP contribution in [0.15, 0.2) is 72.4 Å². The largest absolute Gasteiger partial charge is 0.378 e. The minimum atomic E-state index is 0.642. The lowest BCUT2D eigenvalue weighted by Crippen LogP contribution is -2.05. The molecule has 1 aromatic carbocycles. The van der Waals surface area contributed by atoms with E-state index in [9.17, 15) is 0 Å². The van der Waals surface area contributed by atoms with E-state index in [1.54, 1.807) is 11.3 Å². The second kappa shape index (κ2) is 6.24. The van der Waals surface area contributed by atoms with Crippen molar-refractivity contribution in [3.05, 3.63) is 78.1 Å². The van der Waals surface area contributed by atoms with E-state index in [1.807, 2.05) is 59.4 Å². The van der Waals surface area contributed by atoms with Gasteiger partial charge in [-0.3, -0.25) is 4.98 Å². The smallest absolute Gasteiger partial charge is 0.153 e. The second-order valence-corrected chi connectivity index (χ2v) is 6.87. The summed E-state index contributed by atoms with van der Waals surface area (Å²) in [4.78, 5) is 8.85. The van der Waals surface area contributed by atoms with Crippen molar-refractivity contribution < 1.29 is 0 Å². The van der Waals surface area contributed by atoms with Crippen molar-refractivity contribution in [2.45, 2.75) is 6.54 Å². The molecule has 0 bridgehead atoms. The van der Waals surface area contributed by atoms with Gasteiger partial charge in [0.1, 0.15) is 0 Å². The fourth-order valence-electron chi connectivity index (χ4n) is 3.00. The quantitative estimate of drug-likeness (QED) is 0.510. The molecule has 0 saturated carbocycles. The van der Waals surface area contributed by atoms with E-state index in [0.29, 0.717) is 6.54 Å². The van der Waals surface area contributed by atoms with Gasteiger partial charge in [0.2, 0.25) is 0 Å². The summed E-state index contributed by atoms with van der Waals surface area (Å²) in [5, 5.41) is 10.3. The zero-order chi connectivity index (χ0) is 17.3. The number of hydrogen-bond donors (Lipinski definition) is 1. The first-order valence-corrected chi connectivity index (χ1v) is 9.22. The van der Waals surface area contributed by atoms with Crippen LogP contribution in [0.5, 0.6) is 0 Å². The summed E-state index contributed by atoms with van der Waals surface area (Å²) >= 11 is 1.69. The standard InChI is InChI=1S/C20H15N5S/c1-2-4-14(5-3-1)16-6-7-19-23-13-15(25(19)24-16)12-22-17-8-10-21-18-9-11-26-20(17)18/h1-11,13H,12H2,(H,21,22). The molecule has 0 spiro atoms. The first-order valence-electron chi connectivity index (χ1n) is 8.34. The Morgan fingerprint density at radius 3 is 2.81 bits per heavy atom. The molecule has 4 heterocycles. The highest BCUT2D eigenvalue weighted by molar-refractivity contribution is 7.17. The predicted octanol–water partition coefficient (Wildman–Crippen LogP) is 4.62. The van der Waals surface area contributed by atoms with Gasteiger partial charge in [-0.05, 0) is 29.6 Å². The molecule has 0 aliphatic heterocycles. The third-order valence-electron chi connectivity index (χ3n) is 4.31. The van der Waals surface area contributed by atoms with E-state index in [2.05, 4.69) is 32.8 Å². The highest BCUT2D eigenvalue weighted by Gasteiger charge is 2.08. The van der Waals surface area contributed by atoms with Gasteiger partial charge in [0.15, 0.2) is 5.65 Å². The molecule has 0 atom stereocenters. The van der Waals surface area contributed by atoms with Crippen LogP contribution in [0.3, 0.4) is 0 Å². The first-order chi connectivity index (χ1) is 12.9. The molecule has 26 heavy (non-hydrogen) atoms. The van der Waals surface area contributed by atoms with Gasteiger partial charge in [0, 0.05) is 11.8 Å². The molecule has 126 valence electrons. The summed E-state index contributed by atoms with van der Waals surface area (Å²) in [5.74, 6) is 0. The lowest BCUT2D eigenvalue weighted by atomic mass is 10.1. The monoisotopic (exact) mass is 357 g/mol. The molecule has 5 rings (SSSR count). The van der Waals surface area contributed by atoms with Crippen molar-refractivity contribution in [1.82, 2.24) is 19.6 Å². The van der Waals surface area contributed by atoms with Gasteiger partial charge < -0.3 is 5.32 Å².